The lowest BCUT2D eigenvalue weighted by molar-refractivity contribution is -0.277. The number of aliphatic hydroxyl groups excluding tert-OH is 6. The van der Waals surface area contributed by atoms with Crippen molar-refractivity contribution in [1.29, 1.82) is 0 Å². The van der Waals surface area contributed by atoms with Crippen molar-refractivity contribution in [3.8, 4) is 0 Å². The number of aliphatic hydroxyl groups is 6. The lowest BCUT2D eigenvalue weighted by Crippen LogP contribution is -2.68. The molecule has 10 heteroatoms. The van der Waals surface area contributed by atoms with Crippen LogP contribution in [-0.4, -0.2) is 113 Å². The molecule has 1 heterocycles. The summed E-state index contributed by atoms with van der Waals surface area (Å²) in [6.45, 7) is -0.898. The van der Waals surface area contributed by atoms with E-state index in [2.05, 4.69) is 5.32 Å². The van der Waals surface area contributed by atoms with Crippen LogP contribution in [0.4, 0.5) is 0 Å². The topological polar surface area (TPSA) is 161 Å². The summed E-state index contributed by atoms with van der Waals surface area (Å²) in [6.07, 6.45) is -6.66. The highest BCUT2D eigenvalue weighted by Gasteiger charge is 2.48. The molecule has 0 aromatic rings. The molecule has 0 aromatic carbocycles. The van der Waals surface area contributed by atoms with Crippen molar-refractivity contribution >= 4 is 0 Å². The normalized spacial score (nSPS) is 45.3. The Morgan fingerprint density at radius 1 is 1.04 bits per heavy atom. The van der Waals surface area contributed by atoms with E-state index in [4.69, 9.17) is 14.2 Å². The zero-order valence-corrected chi connectivity index (χ0v) is 14.1. The van der Waals surface area contributed by atoms with Crippen LogP contribution < -0.4 is 5.32 Å². The third-order valence-corrected chi connectivity index (χ3v) is 4.75. The molecule has 0 spiro atoms. The van der Waals surface area contributed by atoms with Gasteiger partial charge in [0.05, 0.1) is 25.3 Å². The maximum atomic E-state index is 10.3. The van der Waals surface area contributed by atoms with Gasteiger partial charge in [-0.1, -0.05) is 6.08 Å². The molecule has 2 rings (SSSR count). The number of methoxy groups -OCH3 is 2. The van der Waals surface area contributed by atoms with Crippen LogP contribution in [0.5, 0.6) is 0 Å². The summed E-state index contributed by atoms with van der Waals surface area (Å²) < 4.78 is 15.8. The zero-order valence-electron chi connectivity index (χ0n) is 14.1. The van der Waals surface area contributed by atoms with Gasteiger partial charge in [0.25, 0.3) is 0 Å². The molecule has 146 valence electrons. The Bertz CT molecular complexity index is 462. The van der Waals surface area contributed by atoms with Gasteiger partial charge in [0.15, 0.2) is 6.29 Å². The Balaban J connectivity index is 2.24. The molecule has 25 heavy (non-hydrogen) atoms. The second-order valence-electron chi connectivity index (χ2n) is 6.20. The molecule has 0 radical (unpaired) electrons. The van der Waals surface area contributed by atoms with Crippen LogP contribution in [0.1, 0.15) is 0 Å². The maximum Gasteiger partial charge on any atom is 0.186 e. The van der Waals surface area contributed by atoms with Gasteiger partial charge in [-0.05, 0) is 5.57 Å². The number of hydrogen-bond donors (Lipinski definition) is 7. The SMILES string of the molecule is COC1OC(CO)C(NC2C=C(CO)C(O)C(O)C2O)C(OC)C1O. The molecule has 2 aliphatic rings. The summed E-state index contributed by atoms with van der Waals surface area (Å²) >= 11 is 0. The second kappa shape index (κ2) is 8.82. The van der Waals surface area contributed by atoms with Crippen molar-refractivity contribution in [3.63, 3.8) is 0 Å². The fourth-order valence-electron chi connectivity index (χ4n) is 3.32. The fourth-order valence-corrected chi connectivity index (χ4v) is 3.32. The predicted molar refractivity (Wildman–Crippen MR) is 83.5 cm³/mol. The third-order valence-electron chi connectivity index (χ3n) is 4.75. The molecule has 10 nitrogen and oxygen atoms in total. The van der Waals surface area contributed by atoms with Crippen molar-refractivity contribution in [2.75, 3.05) is 27.4 Å². The lowest BCUT2D eigenvalue weighted by atomic mass is 9.86. The van der Waals surface area contributed by atoms with Crippen molar-refractivity contribution in [2.24, 2.45) is 0 Å². The first-order chi connectivity index (χ1) is 11.9. The highest BCUT2D eigenvalue weighted by molar-refractivity contribution is 5.22. The molecule has 1 aliphatic carbocycles. The van der Waals surface area contributed by atoms with Crippen molar-refractivity contribution in [3.05, 3.63) is 11.6 Å². The van der Waals surface area contributed by atoms with E-state index in [-0.39, 0.29) is 5.57 Å². The van der Waals surface area contributed by atoms with Crippen LogP contribution in [0.3, 0.4) is 0 Å². The van der Waals surface area contributed by atoms with E-state index in [0.717, 1.165) is 0 Å². The van der Waals surface area contributed by atoms with Crippen LogP contribution in [0, 0.1) is 0 Å². The average molecular weight is 365 g/mol. The van der Waals surface area contributed by atoms with Gasteiger partial charge in [0, 0.05) is 14.2 Å². The predicted octanol–water partition coefficient (Wildman–Crippen LogP) is -3.93. The average Bonchev–Trinajstić information content (AvgIpc) is 2.62. The van der Waals surface area contributed by atoms with Crippen LogP contribution in [0.25, 0.3) is 0 Å². The monoisotopic (exact) mass is 365 g/mol. The van der Waals surface area contributed by atoms with E-state index in [1.165, 1.54) is 20.3 Å². The smallest absolute Gasteiger partial charge is 0.186 e. The summed E-state index contributed by atoms with van der Waals surface area (Å²) in [5, 5.41) is 62.1. The minimum absolute atomic E-state index is 0.150. The summed E-state index contributed by atoms with van der Waals surface area (Å²) in [4.78, 5) is 0. The van der Waals surface area contributed by atoms with Crippen molar-refractivity contribution in [1.82, 2.24) is 5.32 Å². The Morgan fingerprint density at radius 3 is 2.24 bits per heavy atom. The van der Waals surface area contributed by atoms with Gasteiger partial charge in [0.2, 0.25) is 0 Å². The van der Waals surface area contributed by atoms with E-state index in [0.29, 0.717) is 0 Å². The minimum atomic E-state index is -1.50. The minimum Gasteiger partial charge on any atom is -0.394 e. The molecule has 0 bridgehead atoms. The van der Waals surface area contributed by atoms with E-state index in [1.54, 1.807) is 0 Å². The van der Waals surface area contributed by atoms with Gasteiger partial charge in [-0.15, -0.1) is 0 Å². The van der Waals surface area contributed by atoms with E-state index in [9.17, 15) is 30.6 Å². The van der Waals surface area contributed by atoms with Crippen LogP contribution in [0.2, 0.25) is 0 Å². The molecular formula is C15H27NO9. The van der Waals surface area contributed by atoms with Crippen LogP contribution >= 0.6 is 0 Å². The Hall–Kier alpha value is -0.660. The van der Waals surface area contributed by atoms with E-state index < -0.39 is 68.2 Å². The molecule has 9 unspecified atom stereocenters. The Morgan fingerprint density at radius 2 is 1.72 bits per heavy atom. The Kier molecular flexibility index (Phi) is 7.29. The van der Waals surface area contributed by atoms with Gasteiger partial charge in [-0.25, -0.2) is 0 Å². The summed E-state index contributed by atoms with van der Waals surface area (Å²) in [5.41, 5.74) is 0.150. The molecule has 1 fully saturated rings. The summed E-state index contributed by atoms with van der Waals surface area (Å²) in [6, 6.07) is -1.62. The highest BCUT2D eigenvalue weighted by atomic mass is 16.7. The first-order valence-electron chi connectivity index (χ1n) is 8.01. The van der Waals surface area contributed by atoms with Crippen LogP contribution in [-0.2, 0) is 14.2 Å². The van der Waals surface area contributed by atoms with Gasteiger partial charge in [0.1, 0.15) is 36.6 Å². The number of nitrogens with one attached hydrogen (secondary N) is 1. The zero-order chi connectivity index (χ0) is 18.7. The lowest BCUT2D eigenvalue weighted by Gasteiger charge is -2.46. The molecule has 7 N–H and O–H groups in total. The molecular weight excluding hydrogens is 338 g/mol. The molecule has 0 aromatic heterocycles. The van der Waals surface area contributed by atoms with Crippen LogP contribution in [0.15, 0.2) is 11.6 Å². The first kappa shape index (κ1) is 20.6. The fraction of sp³-hybridized carbons (Fsp3) is 0.867. The molecule has 0 saturated carbocycles. The van der Waals surface area contributed by atoms with Gasteiger partial charge in [-0.2, -0.15) is 0 Å². The Labute approximate surface area is 145 Å². The summed E-state index contributed by atoms with van der Waals surface area (Å²) in [7, 11) is 2.72. The highest BCUT2D eigenvalue weighted by Crippen LogP contribution is 2.26. The number of ether oxygens (including phenoxy) is 3. The molecule has 9 atom stereocenters. The quantitative estimate of drug-likeness (QED) is 0.232. The molecule has 0 amide bonds. The van der Waals surface area contributed by atoms with E-state index in [1.807, 2.05) is 0 Å². The first-order valence-corrected chi connectivity index (χ1v) is 8.01. The van der Waals surface area contributed by atoms with E-state index >= 15 is 0 Å². The molecule has 1 saturated heterocycles. The third kappa shape index (κ3) is 4.03. The van der Waals surface area contributed by atoms with Gasteiger partial charge < -0.3 is 50.2 Å². The standard InChI is InChI=1S/C15H27NO9/c1-23-14-9(8(5-18)25-15(24-2)13(14)22)16-7-3-6(4-17)10(19)12(21)11(7)20/h3,7-22H,4-5H2,1-2H3. The van der Waals surface area contributed by atoms with Gasteiger partial charge in [-0.3, -0.25) is 0 Å². The van der Waals surface area contributed by atoms with Crippen molar-refractivity contribution < 1.29 is 44.8 Å². The number of rotatable bonds is 6. The second-order valence-corrected chi connectivity index (χ2v) is 6.20. The maximum absolute atomic E-state index is 10.3. The summed E-state index contributed by atoms with van der Waals surface area (Å²) in [5.74, 6) is 0. The molecule has 1 aliphatic heterocycles. The largest absolute Gasteiger partial charge is 0.394 e. The number of hydrogen-bond acceptors (Lipinski definition) is 10. The van der Waals surface area contributed by atoms with Crippen molar-refractivity contribution in [2.45, 2.75) is 55.0 Å². The van der Waals surface area contributed by atoms with Gasteiger partial charge >= 0.3 is 0 Å².